The molecule has 0 aromatic heterocycles. The molecular formula is C12H19NO4. The van der Waals surface area contributed by atoms with E-state index in [0.29, 0.717) is 6.42 Å². The number of hydrogen-bond donors (Lipinski definition) is 1. The maximum Gasteiger partial charge on any atom is 0.410 e. The van der Waals surface area contributed by atoms with Gasteiger partial charge >= 0.3 is 12.1 Å². The van der Waals surface area contributed by atoms with Crippen LogP contribution >= 0.6 is 0 Å². The molecule has 96 valence electrons. The number of piperidine rings is 1. The van der Waals surface area contributed by atoms with Gasteiger partial charge in [0.1, 0.15) is 5.60 Å². The lowest BCUT2D eigenvalue weighted by atomic mass is 9.73. The van der Waals surface area contributed by atoms with Crippen LogP contribution in [-0.2, 0) is 9.53 Å². The van der Waals surface area contributed by atoms with Crippen LogP contribution in [0.5, 0.6) is 0 Å². The van der Waals surface area contributed by atoms with Crippen LogP contribution in [-0.4, -0.2) is 39.8 Å². The molecule has 0 aromatic rings. The highest BCUT2D eigenvalue weighted by Crippen LogP contribution is 2.42. The van der Waals surface area contributed by atoms with Gasteiger partial charge in [0.15, 0.2) is 0 Å². The molecule has 0 aromatic carbocycles. The largest absolute Gasteiger partial charge is 0.481 e. The summed E-state index contributed by atoms with van der Waals surface area (Å²) >= 11 is 0. The molecule has 5 heteroatoms. The van der Waals surface area contributed by atoms with Crippen LogP contribution < -0.4 is 0 Å². The second-order valence-electron chi connectivity index (χ2n) is 5.87. The molecule has 3 aliphatic rings. The molecule has 0 spiro atoms. The normalized spacial score (nSPS) is 31.7. The van der Waals surface area contributed by atoms with Gasteiger partial charge in [0.05, 0.1) is 12.0 Å². The number of aliphatic carboxylic acids is 1. The molecule has 0 radical (unpaired) electrons. The predicted octanol–water partition coefficient (Wildman–Crippen LogP) is 1.86. The minimum Gasteiger partial charge on any atom is -0.481 e. The van der Waals surface area contributed by atoms with Crippen LogP contribution in [0.1, 0.15) is 40.0 Å². The van der Waals surface area contributed by atoms with Gasteiger partial charge in [-0.05, 0) is 40.0 Å². The molecule has 2 bridgehead atoms. The minimum absolute atomic E-state index is 0.166. The number of nitrogens with zero attached hydrogens (tertiary/aromatic N) is 1. The first-order valence-electron chi connectivity index (χ1n) is 6.04. The van der Waals surface area contributed by atoms with Crippen molar-refractivity contribution in [2.45, 2.75) is 57.7 Å². The van der Waals surface area contributed by atoms with Gasteiger partial charge in [-0.25, -0.2) is 4.79 Å². The fourth-order valence-corrected chi connectivity index (χ4v) is 2.71. The van der Waals surface area contributed by atoms with Gasteiger partial charge in [-0.2, -0.15) is 0 Å². The van der Waals surface area contributed by atoms with Crippen molar-refractivity contribution in [3.63, 3.8) is 0 Å². The number of carboxylic acids is 1. The summed E-state index contributed by atoms with van der Waals surface area (Å²) in [6.07, 6.45) is 1.87. The number of hydrogen-bond acceptors (Lipinski definition) is 3. The molecule has 1 N–H and O–H groups in total. The third-order valence-corrected chi connectivity index (χ3v) is 3.46. The van der Waals surface area contributed by atoms with Crippen molar-refractivity contribution < 1.29 is 19.4 Å². The van der Waals surface area contributed by atoms with Crippen LogP contribution in [0.3, 0.4) is 0 Å². The van der Waals surface area contributed by atoms with Gasteiger partial charge in [0.25, 0.3) is 0 Å². The van der Waals surface area contributed by atoms with E-state index in [1.165, 1.54) is 0 Å². The standard InChI is InChI=1S/C12H19NO4/c1-12(2,3)17-11(16)13-7-4-5-8(10(14)15)9(13)6-7/h7-9H,4-6H2,1-3H3,(H,14,15)/t7-,8-,9-/m1/s1. The zero-order chi connectivity index (χ0) is 12.8. The lowest BCUT2D eigenvalue weighted by Gasteiger charge is -2.54. The van der Waals surface area contributed by atoms with Crippen LogP contribution in [0.15, 0.2) is 0 Å². The summed E-state index contributed by atoms with van der Waals surface area (Å²) in [4.78, 5) is 24.6. The number of carboxylic acid groups (broad SMARTS) is 1. The number of carbonyl (C=O) groups excluding carboxylic acids is 1. The van der Waals surface area contributed by atoms with E-state index in [9.17, 15) is 9.59 Å². The Hall–Kier alpha value is -1.26. The third kappa shape index (κ3) is 2.23. The molecule has 17 heavy (non-hydrogen) atoms. The molecule has 3 fully saturated rings. The van der Waals surface area contributed by atoms with Crippen molar-refractivity contribution in [1.82, 2.24) is 4.90 Å². The summed E-state index contributed by atoms with van der Waals surface area (Å²) in [5.74, 6) is -1.23. The van der Waals surface area contributed by atoms with Crippen molar-refractivity contribution in [1.29, 1.82) is 0 Å². The number of ether oxygens (including phenoxy) is 1. The Kier molecular flexibility index (Phi) is 2.79. The first-order chi connectivity index (χ1) is 7.79. The molecule has 3 atom stereocenters. The van der Waals surface area contributed by atoms with Gasteiger partial charge in [0, 0.05) is 6.04 Å². The molecule has 2 saturated heterocycles. The maximum atomic E-state index is 11.9. The molecule has 3 rings (SSSR count). The average molecular weight is 241 g/mol. The van der Waals surface area contributed by atoms with E-state index in [1.807, 2.05) is 20.8 Å². The summed E-state index contributed by atoms with van der Waals surface area (Å²) in [5, 5.41) is 9.09. The molecule has 1 amide bonds. The van der Waals surface area contributed by atoms with Crippen molar-refractivity contribution in [2.24, 2.45) is 5.92 Å². The Morgan fingerprint density at radius 1 is 1.29 bits per heavy atom. The summed E-state index contributed by atoms with van der Waals surface area (Å²) in [6, 6.07) is 0.0200. The van der Waals surface area contributed by atoms with Gasteiger partial charge in [-0.3, -0.25) is 4.79 Å². The van der Waals surface area contributed by atoms with E-state index in [1.54, 1.807) is 4.90 Å². The Morgan fingerprint density at radius 2 is 1.94 bits per heavy atom. The lowest BCUT2D eigenvalue weighted by molar-refractivity contribution is -0.153. The Morgan fingerprint density at radius 3 is 2.41 bits per heavy atom. The highest BCUT2D eigenvalue weighted by atomic mass is 16.6. The summed E-state index contributed by atoms with van der Waals surface area (Å²) in [7, 11) is 0. The second kappa shape index (κ2) is 3.89. The first-order valence-corrected chi connectivity index (χ1v) is 6.04. The zero-order valence-corrected chi connectivity index (χ0v) is 10.5. The molecule has 5 nitrogen and oxygen atoms in total. The fourth-order valence-electron chi connectivity index (χ4n) is 2.71. The summed E-state index contributed by atoms with van der Waals surface area (Å²) in [5.41, 5.74) is -0.528. The van der Waals surface area contributed by atoms with Crippen LogP contribution in [0.2, 0.25) is 0 Å². The van der Waals surface area contributed by atoms with E-state index in [2.05, 4.69) is 0 Å². The Bertz CT molecular complexity index is 345. The van der Waals surface area contributed by atoms with E-state index in [4.69, 9.17) is 9.84 Å². The zero-order valence-electron chi connectivity index (χ0n) is 10.5. The number of rotatable bonds is 1. The molecule has 2 aliphatic heterocycles. The van der Waals surface area contributed by atoms with Crippen LogP contribution in [0.4, 0.5) is 4.79 Å². The monoisotopic (exact) mass is 241 g/mol. The SMILES string of the molecule is CC(C)(C)OC(=O)N1[C@@H]2CC[C@@H](C(=O)O)[C@H]1C2. The van der Waals surface area contributed by atoms with E-state index >= 15 is 0 Å². The van der Waals surface area contributed by atoms with Crippen molar-refractivity contribution in [3.05, 3.63) is 0 Å². The number of amides is 1. The molecule has 0 unspecified atom stereocenters. The lowest BCUT2D eigenvalue weighted by Crippen LogP contribution is -2.66. The van der Waals surface area contributed by atoms with Gasteiger partial charge in [-0.15, -0.1) is 0 Å². The highest BCUT2D eigenvalue weighted by molar-refractivity contribution is 5.76. The van der Waals surface area contributed by atoms with Gasteiger partial charge in [-0.1, -0.05) is 0 Å². The average Bonchev–Trinajstić information content (AvgIpc) is 2.13. The second-order valence-corrected chi connectivity index (χ2v) is 5.87. The predicted molar refractivity (Wildman–Crippen MR) is 60.6 cm³/mol. The quantitative estimate of drug-likeness (QED) is 0.761. The van der Waals surface area contributed by atoms with Crippen LogP contribution in [0, 0.1) is 5.92 Å². The summed E-state index contributed by atoms with van der Waals surface area (Å²) in [6.45, 7) is 5.44. The van der Waals surface area contributed by atoms with Crippen LogP contribution in [0.25, 0.3) is 0 Å². The topological polar surface area (TPSA) is 66.8 Å². The van der Waals surface area contributed by atoms with Gasteiger partial charge in [0.2, 0.25) is 0 Å². The summed E-state index contributed by atoms with van der Waals surface area (Å²) < 4.78 is 5.30. The first kappa shape index (κ1) is 12.2. The smallest absolute Gasteiger partial charge is 0.410 e. The minimum atomic E-state index is -0.804. The highest BCUT2D eigenvalue weighted by Gasteiger charge is 2.52. The van der Waals surface area contributed by atoms with E-state index in [0.717, 1.165) is 12.8 Å². The van der Waals surface area contributed by atoms with E-state index < -0.39 is 17.5 Å². The van der Waals surface area contributed by atoms with Crippen molar-refractivity contribution in [2.75, 3.05) is 0 Å². The number of fused-ring (bicyclic) bond motifs is 2. The van der Waals surface area contributed by atoms with Crippen molar-refractivity contribution >= 4 is 12.1 Å². The van der Waals surface area contributed by atoms with Gasteiger partial charge < -0.3 is 14.7 Å². The van der Waals surface area contributed by atoms with Crippen molar-refractivity contribution in [3.8, 4) is 0 Å². The molecule has 1 aliphatic carbocycles. The Labute approximate surface area is 101 Å². The van der Waals surface area contributed by atoms with E-state index in [-0.39, 0.29) is 18.2 Å². The Balaban J connectivity index is 2.03. The fraction of sp³-hybridized carbons (Fsp3) is 0.833. The molecule has 1 saturated carbocycles. The number of carbonyl (C=O) groups is 2. The molecular weight excluding hydrogens is 222 g/mol. The maximum absolute atomic E-state index is 11.9. The molecule has 2 heterocycles. The third-order valence-electron chi connectivity index (χ3n) is 3.46.